The number of aliphatic hydroxyl groups excluding tert-OH is 1. The average Bonchev–Trinajstić information content (AvgIpc) is 2.04. The minimum absolute atomic E-state index is 0.253. The molecule has 12 heavy (non-hydrogen) atoms. The lowest BCUT2D eigenvalue weighted by molar-refractivity contribution is 0.143. The maximum atomic E-state index is 9.28. The number of rotatable bonds is 7. The van der Waals surface area contributed by atoms with Crippen LogP contribution in [0.5, 0.6) is 0 Å². The van der Waals surface area contributed by atoms with Crippen molar-refractivity contribution in [3.8, 4) is 0 Å². The van der Waals surface area contributed by atoms with Crippen molar-refractivity contribution < 1.29 is 5.11 Å². The molecule has 0 aliphatic heterocycles. The molecule has 0 aromatic carbocycles. The van der Waals surface area contributed by atoms with E-state index in [0.29, 0.717) is 0 Å². The molecule has 0 spiro atoms. The Bertz CT molecular complexity index is 112. The van der Waals surface area contributed by atoms with E-state index in [1.54, 1.807) is 0 Å². The number of hydrogen-bond acceptors (Lipinski definition) is 2. The summed E-state index contributed by atoms with van der Waals surface area (Å²) in [5.41, 5.74) is 0. The molecular weight excluding hydrogens is 150 g/mol. The van der Waals surface area contributed by atoms with Crippen molar-refractivity contribution in [3.63, 3.8) is 0 Å². The predicted molar refractivity (Wildman–Crippen MR) is 53.1 cm³/mol. The Morgan fingerprint density at radius 1 is 1.50 bits per heavy atom. The van der Waals surface area contributed by atoms with Crippen LogP contribution >= 0.6 is 0 Å². The Morgan fingerprint density at radius 3 is 2.58 bits per heavy atom. The Kier molecular flexibility index (Phi) is 7.11. The van der Waals surface area contributed by atoms with Crippen LogP contribution in [0.4, 0.5) is 0 Å². The van der Waals surface area contributed by atoms with E-state index in [4.69, 9.17) is 0 Å². The molecule has 1 unspecified atom stereocenters. The molecule has 0 rings (SSSR count). The van der Waals surface area contributed by atoms with E-state index in [1.807, 2.05) is 20.0 Å². The third-order valence-electron chi connectivity index (χ3n) is 2.14. The number of nitrogens with one attached hydrogen (secondary N) is 1. The standard InChI is InChI=1S/C10H21NO/c1-4-10(9(2)12)7-5-6-8-11-3/h4,9-12H,1,5-8H2,2-3H3/t9?,10-/m1/s1. The highest BCUT2D eigenvalue weighted by molar-refractivity contribution is 4.82. The van der Waals surface area contributed by atoms with Crippen LogP contribution in [0.2, 0.25) is 0 Å². The molecule has 0 aliphatic rings. The monoisotopic (exact) mass is 171 g/mol. The van der Waals surface area contributed by atoms with Gasteiger partial charge in [0.1, 0.15) is 0 Å². The van der Waals surface area contributed by atoms with Crippen LogP contribution in [-0.4, -0.2) is 24.8 Å². The summed E-state index contributed by atoms with van der Waals surface area (Å²) in [6.45, 7) is 6.59. The minimum Gasteiger partial charge on any atom is -0.393 e. The van der Waals surface area contributed by atoms with E-state index in [1.165, 1.54) is 6.42 Å². The summed E-state index contributed by atoms with van der Waals surface area (Å²) in [5.74, 6) is 0.266. The number of unbranched alkanes of at least 4 members (excludes halogenated alkanes) is 1. The zero-order chi connectivity index (χ0) is 9.40. The van der Waals surface area contributed by atoms with E-state index in [-0.39, 0.29) is 12.0 Å². The fourth-order valence-corrected chi connectivity index (χ4v) is 1.24. The maximum absolute atomic E-state index is 9.28. The van der Waals surface area contributed by atoms with E-state index < -0.39 is 0 Å². The Balaban J connectivity index is 3.38. The van der Waals surface area contributed by atoms with Crippen molar-refractivity contribution in [3.05, 3.63) is 12.7 Å². The molecule has 0 fully saturated rings. The first-order chi connectivity index (χ1) is 5.72. The highest BCUT2D eigenvalue weighted by Crippen LogP contribution is 2.13. The van der Waals surface area contributed by atoms with Crippen molar-refractivity contribution in [1.82, 2.24) is 5.32 Å². The van der Waals surface area contributed by atoms with Gasteiger partial charge in [-0.1, -0.05) is 12.5 Å². The lowest BCUT2D eigenvalue weighted by Gasteiger charge is -2.14. The van der Waals surface area contributed by atoms with Gasteiger partial charge in [0.15, 0.2) is 0 Å². The second kappa shape index (κ2) is 7.32. The van der Waals surface area contributed by atoms with Crippen molar-refractivity contribution in [1.29, 1.82) is 0 Å². The van der Waals surface area contributed by atoms with Crippen LogP contribution < -0.4 is 5.32 Å². The zero-order valence-electron chi connectivity index (χ0n) is 8.21. The highest BCUT2D eigenvalue weighted by Gasteiger charge is 2.09. The van der Waals surface area contributed by atoms with Gasteiger partial charge >= 0.3 is 0 Å². The summed E-state index contributed by atoms with van der Waals surface area (Å²) in [6.07, 6.45) is 4.97. The first-order valence-corrected chi connectivity index (χ1v) is 4.67. The van der Waals surface area contributed by atoms with Crippen LogP contribution in [0.3, 0.4) is 0 Å². The van der Waals surface area contributed by atoms with Gasteiger partial charge in [0, 0.05) is 5.92 Å². The molecule has 2 heteroatoms. The summed E-state index contributed by atoms with van der Waals surface area (Å²) in [7, 11) is 1.96. The largest absolute Gasteiger partial charge is 0.393 e. The molecule has 0 aliphatic carbocycles. The second-order valence-corrected chi connectivity index (χ2v) is 3.24. The summed E-state index contributed by atoms with van der Waals surface area (Å²) in [6, 6.07) is 0. The van der Waals surface area contributed by atoms with Gasteiger partial charge in [-0.3, -0.25) is 0 Å². The van der Waals surface area contributed by atoms with Crippen LogP contribution in [-0.2, 0) is 0 Å². The first kappa shape index (κ1) is 11.7. The van der Waals surface area contributed by atoms with Crippen molar-refractivity contribution in [2.45, 2.75) is 32.3 Å². The smallest absolute Gasteiger partial charge is 0.0574 e. The van der Waals surface area contributed by atoms with E-state index in [9.17, 15) is 5.11 Å². The van der Waals surface area contributed by atoms with Gasteiger partial charge in [-0.15, -0.1) is 6.58 Å². The van der Waals surface area contributed by atoms with Crippen molar-refractivity contribution in [2.75, 3.05) is 13.6 Å². The molecule has 2 nitrogen and oxygen atoms in total. The molecule has 0 amide bonds. The van der Waals surface area contributed by atoms with Gasteiger partial charge in [0.2, 0.25) is 0 Å². The highest BCUT2D eigenvalue weighted by atomic mass is 16.3. The topological polar surface area (TPSA) is 32.3 Å². The van der Waals surface area contributed by atoms with Gasteiger partial charge in [-0.05, 0) is 33.4 Å². The fraction of sp³-hybridized carbons (Fsp3) is 0.800. The lowest BCUT2D eigenvalue weighted by atomic mass is 9.97. The van der Waals surface area contributed by atoms with Gasteiger partial charge in [-0.25, -0.2) is 0 Å². The second-order valence-electron chi connectivity index (χ2n) is 3.24. The summed E-state index contributed by atoms with van der Waals surface area (Å²) >= 11 is 0. The van der Waals surface area contributed by atoms with E-state index >= 15 is 0 Å². The quantitative estimate of drug-likeness (QED) is 0.450. The molecule has 0 heterocycles. The SMILES string of the molecule is C=C[C@H](CCCCNC)C(C)O. The lowest BCUT2D eigenvalue weighted by Crippen LogP contribution is -2.15. The van der Waals surface area contributed by atoms with E-state index in [0.717, 1.165) is 19.4 Å². The fourth-order valence-electron chi connectivity index (χ4n) is 1.24. The van der Waals surface area contributed by atoms with Crippen LogP contribution in [0, 0.1) is 5.92 Å². The van der Waals surface area contributed by atoms with Crippen LogP contribution in [0.15, 0.2) is 12.7 Å². The zero-order valence-corrected chi connectivity index (χ0v) is 8.21. The Morgan fingerprint density at radius 2 is 2.17 bits per heavy atom. The summed E-state index contributed by atoms with van der Waals surface area (Å²) < 4.78 is 0. The molecule has 0 aromatic rings. The molecule has 2 N–H and O–H groups in total. The van der Waals surface area contributed by atoms with Crippen molar-refractivity contribution >= 4 is 0 Å². The van der Waals surface area contributed by atoms with Gasteiger partial charge in [0.05, 0.1) is 6.10 Å². The molecule has 0 saturated carbocycles. The van der Waals surface area contributed by atoms with Gasteiger partial charge < -0.3 is 10.4 Å². The first-order valence-electron chi connectivity index (χ1n) is 4.67. The Labute approximate surface area is 75.7 Å². The predicted octanol–water partition coefficient (Wildman–Crippen LogP) is 1.56. The molecular formula is C10H21NO. The molecule has 72 valence electrons. The number of hydrogen-bond donors (Lipinski definition) is 2. The van der Waals surface area contributed by atoms with Crippen LogP contribution in [0.25, 0.3) is 0 Å². The average molecular weight is 171 g/mol. The molecule has 0 aromatic heterocycles. The van der Waals surface area contributed by atoms with Gasteiger partial charge in [-0.2, -0.15) is 0 Å². The molecule has 0 bridgehead atoms. The summed E-state index contributed by atoms with van der Waals surface area (Å²) in [4.78, 5) is 0. The normalized spacial score (nSPS) is 15.6. The minimum atomic E-state index is -0.253. The molecule has 0 radical (unpaired) electrons. The van der Waals surface area contributed by atoms with Crippen molar-refractivity contribution in [2.24, 2.45) is 5.92 Å². The van der Waals surface area contributed by atoms with Crippen LogP contribution in [0.1, 0.15) is 26.2 Å². The molecule has 2 atom stereocenters. The van der Waals surface area contributed by atoms with E-state index in [2.05, 4.69) is 11.9 Å². The molecule has 0 saturated heterocycles. The third kappa shape index (κ3) is 5.33. The number of aliphatic hydroxyl groups is 1. The summed E-state index contributed by atoms with van der Waals surface area (Å²) in [5, 5.41) is 12.4. The Hall–Kier alpha value is -0.340. The third-order valence-corrected chi connectivity index (χ3v) is 2.14. The van der Waals surface area contributed by atoms with Gasteiger partial charge in [0.25, 0.3) is 0 Å². The maximum Gasteiger partial charge on any atom is 0.0574 e.